The third kappa shape index (κ3) is 3.99. The summed E-state index contributed by atoms with van der Waals surface area (Å²) in [6.45, 7) is 0. The zero-order chi connectivity index (χ0) is 14.8. The Hall–Kier alpha value is -2.01. The monoisotopic (exact) mass is 295 g/mol. The van der Waals surface area contributed by atoms with Crippen LogP contribution < -0.4 is 0 Å². The quantitative estimate of drug-likeness (QED) is 0.447. The Kier molecular flexibility index (Phi) is 4.21. The van der Waals surface area contributed by atoms with Crippen LogP contribution in [0.5, 0.6) is 0 Å². The van der Waals surface area contributed by atoms with Gasteiger partial charge >= 0.3 is 22.3 Å². The molecule has 0 aromatic carbocycles. The van der Waals surface area contributed by atoms with E-state index in [4.69, 9.17) is 9.66 Å². The van der Waals surface area contributed by atoms with Gasteiger partial charge in [0.1, 0.15) is 6.04 Å². The smallest absolute Gasteiger partial charge is 0.449 e. The molecular weight excluding hydrogens is 286 g/mol. The molecule has 19 heavy (non-hydrogen) atoms. The average Bonchev–Trinajstić information content (AvgIpc) is 2.52. The first-order valence-corrected chi connectivity index (χ1v) is 6.25. The topological polar surface area (TPSA) is 155 Å². The molecule has 10 nitrogen and oxygen atoms in total. The van der Waals surface area contributed by atoms with Crippen molar-refractivity contribution in [2.45, 2.75) is 25.3 Å². The van der Waals surface area contributed by atoms with Gasteiger partial charge in [-0.2, -0.15) is 8.42 Å². The summed E-state index contributed by atoms with van der Waals surface area (Å²) in [5.41, 5.74) is 0. The van der Waals surface area contributed by atoms with Crippen molar-refractivity contribution >= 4 is 34.2 Å². The van der Waals surface area contributed by atoms with E-state index in [0.29, 0.717) is 4.90 Å². The molecular formula is C8H9NO9S. The van der Waals surface area contributed by atoms with Gasteiger partial charge in [0.15, 0.2) is 0 Å². The molecule has 1 unspecified atom stereocenters. The van der Waals surface area contributed by atoms with Gasteiger partial charge in [0.25, 0.3) is 0 Å². The number of carboxylic acid groups (broad SMARTS) is 1. The maximum absolute atomic E-state index is 11.4. The van der Waals surface area contributed by atoms with Crippen LogP contribution in [0.3, 0.4) is 0 Å². The molecule has 0 bridgehead atoms. The molecule has 0 saturated carbocycles. The summed E-state index contributed by atoms with van der Waals surface area (Å²) in [5, 5.41) is 8.59. The Balaban J connectivity index is 3.01. The van der Waals surface area contributed by atoms with Crippen LogP contribution in [0, 0.1) is 0 Å². The van der Waals surface area contributed by atoms with E-state index in [1.807, 2.05) is 0 Å². The minimum atomic E-state index is -5.16. The normalized spacial score (nSPS) is 17.4. The lowest BCUT2D eigenvalue weighted by Crippen LogP contribution is -2.46. The molecule has 1 heterocycles. The summed E-state index contributed by atoms with van der Waals surface area (Å²) >= 11 is 0. The van der Waals surface area contributed by atoms with Crippen molar-refractivity contribution in [2.75, 3.05) is 0 Å². The first kappa shape index (κ1) is 15.0. The maximum atomic E-state index is 11.4. The molecule has 0 aromatic heterocycles. The van der Waals surface area contributed by atoms with Crippen molar-refractivity contribution in [3.63, 3.8) is 0 Å². The van der Waals surface area contributed by atoms with Crippen LogP contribution in [0.1, 0.15) is 19.3 Å². The lowest BCUT2D eigenvalue weighted by molar-refractivity contribution is -0.155. The first-order valence-electron chi connectivity index (χ1n) is 4.89. The summed E-state index contributed by atoms with van der Waals surface area (Å²) in [5.74, 6) is -4.90. The fourth-order valence-corrected chi connectivity index (χ4v) is 1.86. The minimum Gasteiger partial charge on any atom is -0.481 e. The van der Waals surface area contributed by atoms with Gasteiger partial charge in [0.05, 0.1) is 6.42 Å². The van der Waals surface area contributed by atoms with Crippen LogP contribution in [0.2, 0.25) is 0 Å². The summed E-state index contributed by atoms with van der Waals surface area (Å²) in [6.07, 6.45) is -1.45. The number of hydrogen-bond donors (Lipinski definition) is 2. The van der Waals surface area contributed by atoms with Gasteiger partial charge in [-0.15, -0.1) is 0 Å². The lowest BCUT2D eigenvalue weighted by Gasteiger charge is -2.22. The Bertz CT molecular complexity index is 520. The molecule has 1 aliphatic heterocycles. The maximum Gasteiger partial charge on any atom is 0.449 e. The number of likely N-dealkylation sites (tertiary alicyclic amines) is 1. The Morgan fingerprint density at radius 2 is 1.74 bits per heavy atom. The third-order valence-corrected chi connectivity index (χ3v) is 2.60. The third-order valence-electron chi connectivity index (χ3n) is 2.23. The van der Waals surface area contributed by atoms with E-state index in [9.17, 15) is 27.6 Å². The number of amides is 2. The van der Waals surface area contributed by atoms with Gasteiger partial charge < -0.3 is 9.29 Å². The second-order valence-electron chi connectivity index (χ2n) is 3.60. The van der Waals surface area contributed by atoms with Gasteiger partial charge in [0.2, 0.25) is 11.8 Å². The molecule has 1 atom stereocenters. The summed E-state index contributed by atoms with van der Waals surface area (Å²) in [4.78, 5) is 45.1. The van der Waals surface area contributed by atoms with Gasteiger partial charge in [-0.05, 0) is 0 Å². The molecule has 2 amide bonds. The number of rotatable bonds is 5. The second kappa shape index (κ2) is 5.32. The molecule has 2 N–H and O–H groups in total. The zero-order valence-electron chi connectivity index (χ0n) is 9.31. The van der Waals surface area contributed by atoms with Crippen molar-refractivity contribution in [1.82, 2.24) is 4.90 Å². The first-order chi connectivity index (χ1) is 8.61. The van der Waals surface area contributed by atoms with Crippen LogP contribution in [0.15, 0.2) is 0 Å². The second-order valence-corrected chi connectivity index (χ2v) is 4.62. The van der Waals surface area contributed by atoms with Crippen LogP contribution in [-0.4, -0.2) is 52.8 Å². The fraction of sp³-hybridized carbons (Fsp3) is 0.500. The van der Waals surface area contributed by atoms with E-state index < -0.39 is 46.6 Å². The Morgan fingerprint density at radius 3 is 2.11 bits per heavy atom. The molecule has 0 radical (unpaired) electrons. The molecule has 11 heteroatoms. The van der Waals surface area contributed by atoms with Gasteiger partial charge in [-0.25, -0.2) is 4.79 Å². The van der Waals surface area contributed by atoms with Crippen molar-refractivity contribution in [2.24, 2.45) is 0 Å². The number of carbonyl (C=O) groups excluding carboxylic acids is 3. The molecule has 0 spiro atoms. The number of hydrogen-bond acceptors (Lipinski definition) is 7. The predicted octanol–water partition coefficient (Wildman–Crippen LogP) is -1.68. The number of carboxylic acids is 1. The van der Waals surface area contributed by atoms with Gasteiger partial charge in [-0.3, -0.25) is 23.8 Å². The van der Waals surface area contributed by atoms with E-state index in [2.05, 4.69) is 4.18 Å². The molecule has 1 aliphatic rings. The minimum absolute atomic E-state index is 0.214. The Morgan fingerprint density at radius 1 is 1.26 bits per heavy atom. The molecule has 0 aromatic rings. The van der Waals surface area contributed by atoms with Crippen LogP contribution in [0.25, 0.3) is 0 Å². The van der Waals surface area contributed by atoms with E-state index >= 15 is 0 Å². The fourth-order valence-electron chi connectivity index (χ4n) is 1.55. The van der Waals surface area contributed by atoms with Crippen LogP contribution in [-0.2, 0) is 33.8 Å². The van der Waals surface area contributed by atoms with E-state index in [1.165, 1.54) is 0 Å². The van der Waals surface area contributed by atoms with E-state index in [-0.39, 0.29) is 12.8 Å². The van der Waals surface area contributed by atoms with Crippen molar-refractivity contribution in [3.05, 3.63) is 0 Å². The molecule has 1 rings (SSSR count). The van der Waals surface area contributed by atoms with E-state index in [1.54, 1.807) is 0 Å². The van der Waals surface area contributed by atoms with Crippen LogP contribution >= 0.6 is 0 Å². The molecule has 1 saturated heterocycles. The van der Waals surface area contributed by atoms with Crippen molar-refractivity contribution < 1.29 is 41.4 Å². The van der Waals surface area contributed by atoms with Crippen molar-refractivity contribution in [3.8, 4) is 0 Å². The Labute approximate surface area is 106 Å². The predicted molar refractivity (Wildman–Crippen MR) is 54.8 cm³/mol. The zero-order valence-corrected chi connectivity index (χ0v) is 10.1. The molecule has 106 valence electrons. The highest BCUT2D eigenvalue weighted by Crippen LogP contribution is 2.19. The standard InChI is InChI=1S/C8H9NO9S/c10-5-1-2-6(11)9(5)4(3-7(12)13)8(14)18-19(15,16)17/h4H,1-3H2,(H,12,13)(H,15,16,17). The van der Waals surface area contributed by atoms with E-state index in [0.717, 1.165) is 0 Å². The molecule has 1 fully saturated rings. The van der Waals surface area contributed by atoms with Crippen LogP contribution in [0.4, 0.5) is 0 Å². The number of carbonyl (C=O) groups is 4. The lowest BCUT2D eigenvalue weighted by atomic mass is 10.2. The highest BCUT2D eigenvalue weighted by molar-refractivity contribution is 7.81. The van der Waals surface area contributed by atoms with Gasteiger partial charge in [-0.1, -0.05) is 0 Å². The molecule has 0 aliphatic carbocycles. The number of nitrogens with zero attached hydrogens (tertiary/aromatic N) is 1. The average molecular weight is 295 g/mol. The highest BCUT2D eigenvalue weighted by Gasteiger charge is 2.42. The summed E-state index contributed by atoms with van der Waals surface area (Å²) < 4.78 is 32.7. The number of aliphatic carboxylic acids is 1. The number of imide groups is 1. The summed E-state index contributed by atoms with van der Waals surface area (Å²) in [6, 6.07) is -1.93. The summed E-state index contributed by atoms with van der Waals surface area (Å²) in [7, 11) is -5.16. The highest BCUT2D eigenvalue weighted by atomic mass is 32.3. The van der Waals surface area contributed by atoms with Crippen molar-refractivity contribution in [1.29, 1.82) is 0 Å². The largest absolute Gasteiger partial charge is 0.481 e. The SMILES string of the molecule is O=C(O)CC(C(=O)OS(=O)(=O)O)N1C(=O)CCC1=O. The van der Waals surface area contributed by atoms with Gasteiger partial charge in [0, 0.05) is 12.8 Å².